The zero-order valence-electron chi connectivity index (χ0n) is 20.1. The van der Waals surface area contributed by atoms with E-state index in [9.17, 15) is 0 Å². The molecule has 0 heterocycles. The second-order valence-electron chi connectivity index (χ2n) is 8.19. The minimum Gasteiger partial charge on any atom is -0.497 e. The molecule has 0 atom stereocenters. The summed E-state index contributed by atoms with van der Waals surface area (Å²) in [4.78, 5) is 0. The van der Waals surface area contributed by atoms with Crippen LogP contribution in [0.15, 0.2) is 24.3 Å². The van der Waals surface area contributed by atoms with Gasteiger partial charge in [-0.1, -0.05) is 19.6 Å². The molecule has 8 heteroatoms. The Morgan fingerprint density at radius 3 is 1.35 bits per heavy atom. The average molecular weight is 450 g/mol. The number of benzene rings is 2. The normalized spacial score (nSPS) is 11.3. The second kappa shape index (κ2) is 10.7. The predicted octanol–water partition coefficient (Wildman–Crippen LogP) is 5.26. The van der Waals surface area contributed by atoms with Gasteiger partial charge >= 0.3 is 0 Å². The van der Waals surface area contributed by atoms with Crippen molar-refractivity contribution < 1.29 is 28.4 Å². The minimum atomic E-state index is -2.05. The first kappa shape index (κ1) is 24.8. The Bertz CT molecular complexity index is 816. The summed E-state index contributed by atoms with van der Waals surface area (Å²) in [6, 6.07) is 7.89. The van der Waals surface area contributed by atoms with Crippen molar-refractivity contribution >= 4 is 19.6 Å². The summed E-state index contributed by atoms with van der Waals surface area (Å²) in [6.45, 7) is 11.1. The Balaban J connectivity index is 2.84. The van der Waals surface area contributed by atoms with Crippen LogP contribution in [0.3, 0.4) is 0 Å². The fourth-order valence-electron chi connectivity index (χ4n) is 3.48. The van der Waals surface area contributed by atoms with E-state index < -0.39 is 8.24 Å². The molecule has 2 aromatic carbocycles. The summed E-state index contributed by atoms with van der Waals surface area (Å²) in [5.74, 6) is 2.98. The molecule has 0 radical (unpaired) electrons. The van der Waals surface area contributed by atoms with Gasteiger partial charge in [0.05, 0.1) is 25.6 Å². The molecule has 0 aliphatic heterocycles. The minimum absolute atomic E-state index is 0.143. The highest BCUT2D eigenvalue weighted by atomic mass is 28.3. The lowest BCUT2D eigenvalue weighted by Crippen LogP contribution is -2.43. The van der Waals surface area contributed by atoms with Crippen molar-refractivity contribution in [2.75, 3.05) is 46.6 Å². The average Bonchev–Trinajstić information content (AvgIpc) is 2.71. The molecule has 0 fully saturated rings. The largest absolute Gasteiger partial charge is 0.497 e. The van der Waals surface area contributed by atoms with Crippen LogP contribution in [0.2, 0.25) is 19.6 Å². The number of methoxy groups -OCH3 is 4. The van der Waals surface area contributed by atoms with Crippen LogP contribution in [0.1, 0.15) is 11.1 Å². The first-order valence-electron chi connectivity index (χ1n) is 10.1. The first-order valence-corrected chi connectivity index (χ1v) is 13.5. The summed E-state index contributed by atoms with van der Waals surface area (Å²) < 4.78 is 35.9. The van der Waals surface area contributed by atoms with Crippen molar-refractivity contribution in [1.29, 1.82) is 0 Å². The van der Waals surface area contributed by atoms with Gasteiger partial charge in [-0.3, -0.25) is 0 Å². The van der Waals surface area contributed by atoms with Crippen molar-refractivity contribution in [3.05, 3.63) is 35.4 Å². The van der Waals surface area contributed by atoms with Crippen molar-refractivity contribution in [1.82, 2.24) is 0 Å². The molecule has 0 spiro atoms. The molecule has 0 saturated heterocycles. The number of aryl methyl sites for hydroxylation is 2. The molecule has 0 amide bonds. The number of anilines is 2. The zero-order chi connectivity index (χ0) is 23.2. The molecular weight excluding hydrogens is 414 g/mol. The number of nitrogens with zero attached hydrogens (tertiary/aromatic N) is 1. The maximum absolute atomic E-state index is 6.03. The Morgan fingerprint density at radius 2 is 1.06 bits per heavy atom. The third-order valence-electron chi connectivity index (χ3n) is 4.72. The molecule has 0 aliphatic rings. The van der Waals surface area contributed by atoms with Gasteiger partial charge in [0.15, 0.2) is 21.8 Å². The monoisotopic (exact) mass is 449 g/mol. The summed E-state index contributed by atoms with van der Waals surface area (Å²) in [5, 5.41) is 0. The van der Waals surface area contributed by atoms with Gasteiger partial charge in [0.25, 0.3) is 0 Å². The van der Waals surface area contributed by atoms with E-state index >= 15 is 0 Å². The van der Waals surface area contributed by atoms with Crippen molar-refractivity contribution in [3.8, 4) is 23.0 Å². The second-order valence-corrected chi connectivity index (χ2v) is 13.0. The zero-order valence-corrected chi connectivity index (χ0v) is 21.1. The Morgan fingerprint density at radius 1 is 0.677 bits per heavy atom. The molecule has 0 unspecified atom stereocenters. The topological polar surface area (TPSA) is 58.6 Å². The van der Waals surface area contributed by atoms with Gasteiger partial charge in [-0.2, -0.15) is 0 Å². The van der Waals surface area contributed by atoms with Gasteiger partial charge in [-0.15, -0.1) is 0 Å². The number of hydrogen-bond donors (Lipinski definition) is 0. The maximum Gasteiger partial charge on any atom is 0.188 e. The van der Waals surface area contributed by atoms with Gasteiger partial charge in [0, 0.05) is 26.4 Å². The van der Waals surface area contributed by atoms with Gasteiger partial charge in [-0.05, 0) is 37.1 Å². The predicted molar refractivity (Wildman–Crippen MR) is 126 cm³/mol. The van der Waals surface area contributed by atoms with E-state index in [2.05, 4.69) is 24.2 Å². The van der Waals surface area contributed by atoms with E-state index in [0.29, 0.717) is 0 Å². The molecule has 0 bridgehead atoms. The van der Waals surface area contributed by atoms with Crippen LogP contribution in [-0.2, 0) is 9.47 Å². The summed E-state index contributed by atoms with van der Waals surface area (Å²) >= 11 is 0. The molecule has 7 nitrogen and oxygen atoms in total. The molecule has 0 aromatic heterocycles. The molecule has 31 heavy (non-hydrogen) atoms. The number of rotatable bonds is 11. The fourth-order valence-corrected chi connectivity index (χ4v) is 5.26. The van der Waals surface area contributed by atoms with Crippen LogP contribution in [0.4, 0.5) is 11.4 Å². The number of ether oxygens (including phenoxy) is 6. The highest BCUT2D eigenvalue weighted by molar-refractivity contribution is 6.81. The highest BCUT2D eigenvalue weighted by Gasteiger charge is 2.33. The van der Waals surface area contributed by atoms with E-state index in [1.807, 2.05) is 38.1 Å². The quantitative estimate of drug-likeness (QED) is 0.343. The van der Waals surface area contributed by atoms with Gasteiger partial charge in [-0.25, -0.2) is 0 Å². The van der Waals surface area contributed by atoms with E-state index in [1.54, 1.807) is 28.4 Å². The van der Waals surface area contributed by atoms with Crippen LogP contribution in [0.5, 0.6) is 23.0 Å². The van der Waals surface area contributed by atoms with Crippen molar-refractivity contribution in [2.24, 2.45) is 0 Å². The van der Waals surface area contributed by atoms with E-state index in [1.165, 1.54) is 0 Å². The lowest BCUT2D eigenvalue weighted by Gasteiger charge is -2.39. The Labute approximate surface area is 186 Å². The Hall–Kier alpha value is -2.42. The molecule has 0 aliphatic carbocycles. The third-order valence-corrected chi connectivity index (χ3v) is 6.55. The van der Waals surface area contributed by atoms with E-state index in [-0.39, 0.29) is 13.6 Å². The van der Waals surface area contributed by atoms with Crippen LogP contribution in [0, 0.1) is 13.8 Å². The lowest BCUT2D eigenvalue weighted by atomic mass is 10.1. The van der Waals surface area contributed by atoms with Gasteiger partial charge < -0.3 is 33.0 Å². The molecule has 172 valence electrons. The third kappa shape index (κ3) is 5.84. The van der Waals surface area contributed by atoms with E-state index in [0.717, 1.165) is 45.5 Å². The van der Waals surface area contributed by atoms with Crippen LogP contribution >= 0.6 is 0 Å². The molecular formula is C23H35NO6Si. The molecule has 2 aromatic rings. The molecule has 2 rings (SSSR count). The summed E-state index contributed by atoms with van der Waals surface area (Å²) in [6.07, 6.45) is 0. The number of hydrogen-bond acceptors (Lipinski definition) is 7. The lowest BCUT2D eigenvalue weighted by molar-refractivity contribution is 0.0506. The SMILES string of the molecule is COCOc1c(C)cc(OC)cc1N(c1cc(OC)cc(C)c1OCOC)[Si](C)(C)C. The maximum atomic E-state index is 6.03. The van der Waals surface area contributed by atoms with Crippen molar-refractivity contribution in [2.45, 2.75) is 33.5 Å². The van der Waals surface area contributed by atoms with Crippen LogP contribution in [0.25, 0.3) is 0 Å². The summed E-state index contributed by atoms with van der Waals surface area (Å²) in [5.41, 5.74) is 3.69. The Kier molecular flexibility index (Phi) is 8.61. The first-order chi connectivity index (χ1) is 14.7. The standard InChI is InChI=1S/C23H35NO6Si/c1-16-10-18(27-5)12-20(22(16)29-14-25-3)24(31(7,8)9)21-13-19(28-6)11-17(2)23(21)30-15-26-4/h10-13H,14-15H2,1-9H3. The molecule has 0 N–H and O–H groups in total. The van der Waals surface area contributed by atoms with Gasteiger partial charge in [0.2, 0.25) is 0 Å². The van der Waals surface area contributed by atoms with Crippen molar-refractivity contribution in [3.63, 3.8) is 0 Å². The smallest absolute Gasteiger partial charge is 0.188 e. The van der Waals surface area contributed by atoms with E-state index in [4.69, 9.17) is 28.4 Å². The summed E-state index contributed by atoms with van der Waals surface area (Å²) in [7, 11) is 4.50. The van der Waals surface area contributed by atoms with Crippen LogP contribution < -0.4 is 23.5 Å². The van der Waals surface area contributed by atoms with Gasteiger partial charge in [0.1, 0.15) is 23.0 Å². The van der Waals surface area contributed by atoms with Crippen LogP contribution in [-0.4, -0.2) is 50.3 Å². The molecule has 0 saturated carbocycles. The fraction of sp³-hybridized carbons (Fsp3) is 0.478. The highest BCUT2D eigenvalue weighted by Crippen LogP contribution is 2.47.